The zero-order valence-electron chi connectivity index (χ0n) is 10.2. The number of hydrogen-bond acceptors (Lipinski definition) is 1. The molecule has 1 heterocycles. The summed E-state index contributed by atoms with van der Waals surface area (Å²) in [6.07, 6.45) is 5.63. The van der Waals surface area contributed by atoms with Crippen molar-refractivity contribution < 1.29 is 0 Å². The minimum absolute atomic E-state index is 0.522. The Morgan fingerprint density at radius 2 is 2.00 bits per heavy atom. The molecule has 1 saturated carbocycles. The maximum atomic E-state index is 2.51. The summed E-state index contributed by atoms with van der Waals surface area (Å²) in [5.41, 5.74) is 2.12. The summed E-state index contributed by atoms with van der Waals surface area (Å²) in [4.78, 5) is 2.51. The van der Waals surface area contributed by atoms with Crippen LogP contribution in [0.3, 0.4) is 0 Å². The number of benzene rings is 1. The van der Waals surface area contributed by atoms with Gasteiger partial charge in [0.25, 0.3) is 0 Å². The SMILES string of the molecule is CN1CC[C@]2(c3ccccc3)CCC[C@@H]2C1. The molecule has 2 aliphatic rings. The van der Waals surface area contributed by atoms with E-state index in [1.807, 2.05) is 0 Å². The fourth-order valence-corrected chi connectivity index (χ4v) is 3.89. The summed E-state index contributed by atoms with van der Waals surface area (Å²) < 4.78 is 0. The van der Waals surface area contributed by atoms with E-state index in [-0.39, 0.29) is 0 Å². The van der Waals surface area contributed by atoms with Gasteiger partial charge in [-0.25, -0.2) is 0 Å². The molecule has 0 spiro atoms. The lowest BCUT2D eigenvalue weighted by Gasteiger charge is -2.43. The van der Waals surface area contributed by atoms with Crippen LogP contribution in [0.2, 0.25) is 0 Å². The molecule has 1 aliphatic heterocycles. The van der Waals surface area contributed by atoms with Crippen LogP contribution in [0.4, 0.5) is 0 Å². The fourth-order valence-electron chi connectivity index (χ4n) is 3.89. The molecule has 0 unspecified atom stereocenters. The van der Waals surface area contributed by atoms with Crippen LogP contribution in [0.5, 0.6) is 0 Å². The lowest BCUT2D eigenvalue weighted by atomic mass is 9.68. The van der Waals surface area contributed by atoms with Crippen molar-refractivity contribution in [1.29, 1.82) is 0 Å². The van der Waals surface area contributed by atoms with Crippen molar-refractivity contribution in [3.8, 4) is 0 Å². The Morgan fingerprint density at radius 1 is 1.19 bits per heavy atom. The van der Waals surface area contributed by atoms with Crippen LogP contribution in [0.1, 0.15) is 31.2 Å². The smallest absolute Gasteiger partial charge is 0.00151 e. The molecule has 86 valence electrons. The molecule has 0 radical (unpaired) electrons. The van der Waals surface area contributed by atoms with Crippen LogP contribution in [0.25, 0.3) is 0 Å². The first kappa shape index (κ1) is 10.3. The molecule has 1 aromatic rings. The van der Waals surface area contributed by atoms with Crippen molar-refractivity contribution in [3.63, 3.8) is 0 Å². The second kappa shape index (κ2) is 3.89. The first-order valence-corrected chi connectivity index (χ1v) is 6.55. The first-order valence-electron chi connectivity index (χ1n) is 6.55. The van der Waals surface area contributed by atoms with Gasteiger partial charge in [-0.05, 0) is 44.3 Å². The Kier molecular flexibility index (Phi) is 2.51. The highest BCUT2D eigenvalue weighted by Gasteiger charge is 2.46. The third-order valence-corrected chi connectivity index (χ3v) is 4.78. The highest BCUT2D eigenvalue weighted by molar-refractivity contribution is 5.29. The minimum atomic E-state index is 0.522. The molecule has 0 bridgehead atoms. The van der Waals surface area contributed by atoms with E-state index in [4.69, 9.17) is 0 Å². The maximum Gasteiger partial charge on any atom is 0.00151 e. The lowest BCUT2D eigenvalue weighted by Crippen LogP contribution is -2.45. The van der Waals surface area contributed by atoms with E-state index in [2.05, 4.69) is 42.3 Å². The predicted molar refractivity (Wildman–Crippen MR) is 67.6 cm³/mol. The fraction of sp³-hybridized carbons (Fsp3) is 0.600. The van der Waals surface area contributed by atoms with Gasteiger partial charge in [-0.1, -0.05) is 36.8 Å². The van der Waals surface area contributed by atoms with Gasteiger partial charge < -0.3 is 4.90 Å². The van der Waals surface area contributed by atoms with Crippen LogP contribution in [0.15, 0.2) is 30.3 Å². The second-order valence-electron chi connectivity index (χ2n) is 5.62. The topological polar surface area (TPSA) is 3.24 Å². The monoisotopic (exact) mass is 215 g/mol. The van der Waals surface area contributed by atoms with Crippen molar-refractivity contribution in [1.82, 2.24) is 4.90 Å². The third kappa shape index (κ3) is 1.49. The van der Waals surface area contributed by atoms with E-state index in [0.717, 1.165) is 5.92 Å². The van der Waals surface area contributed by atoms with Crippen molar-refractivity contribution in [2.75, 3.05) is 20.1 Å². The summed E-state index contributed by atoms with van der Waals surface area (Å²) >= 11 is 0. The van der Waals surface area contributed by atoms with Gasteiger partial charge in [-0.2, -0.15) is 0 Å². The number of rotatable bonds is 1. The van der Waals surface area contributed by atoms with Crippen molar-refractivity contribution in [2.24, 2.45) is 5.92 Å². The van der Waals surface area contributed by atoms with Crippen LogP contribution in [0, 0.1) is 5.92 Å². The summed E-state index contributed by atoms with van der Waals surface area (Å²) in [5.74, 6) is 0.897. The highest BCUT2D eigenvalue weighted by Crippen LogP contribution is 2.50. The third-order valence-electron chi connectivity index (χ3n) is 4.78. The summed E-state index contributed by atoms with van der Waals surface area (Å²) in [7, 11) is 2.27. The van der Waals surface area contributed by atoms with Crippen molar-refractivity contribution in [2.45, 2.75) is 31.1 Å². The van der Waals surface area contributed by atoms with Crippen LogP contribution in [-0.2, 0) is 5.41 Å². The molecule has 16 heavy (non-hydrogen) atoms. The zero-order valence-corrected chi connectivity index (χ0v) is 10.2. The molecule has 0 N–H and O–H groups in total. The molecular formula is C15H21N. The first-order chi connectivity index (χ1) is 7.81. The molecule has 1 aliphatic carbocycles. The normalized spacial score (nSPS) is 34.9. The molecule has 1 aromatic carbocycles. The van der Waals surface area contributed by atoms with Gasteiger partial charge in [-0.3, -0.25) is 0 Å². The molecule has 1 heteroatoms. The molecule has 1 saturated heterocycles. The van der Waals surface area contributed by atoms with Gasteiger partial charge in [-0.15, -0.1) is 0 Å². The number of fused-ring (bicyclic) bond motifs is 1. The average molecular weight is 215 g/mol. The highest BCUT2D eigenvalue weighted by atomic mass is 15.1. The average Bonchev–Trinajstić information content (AvgIpc) is 2.74. The van der Waals surface area contributed by atoms with E-state index in [1.54, 1.807) is 5.56 Å². The number of nitrogens with zero attached hydrogens (tertiary/aromatic N) is 1. The van der Waals surface area contributed by atoms with E-state index in [9.17, 15) is 0 Å². The summed E-state index contributed by atoms with van der Waals surface area (Å²) in [5, 5.41) is 0. The minimum Gasteiger partial charge on any atom is -0.306 e. The Hall–Kier alpha value is -0.820. The summed E-state index contributed by atoms with van der Waals surface area (Å²) in [6, 6.07) is 11.3. The molecule has 3 rings (SSSR count). The van der Waals surface area contributed by atoms with Gasteiger partial charge in [0, 0.05) is 12.0 Å². The lowest BCUT2D eigenvalue weighted by molar-refractivity contribution is 0.134. The molecule has 2 atom stereocenters. The van der Waals surface area contributed by atoms with E-state index >= 15 is 0 Å². The van der Waals surface area contributed by atoms with Crippen molar-refractivity contribution in [3.05, 3.63) is 35.9 Å². The maximum absolute atomic E-state index is 2.51. The van der Waals surface area contributed by atoms with Crippen LogP contribution in [-0.4, -0.2) is 25.0 Å². The van der Waals surface area contributed by atoms with Gasteiger partial charge in [0.05, 0.1) is 0 Å². The van der Waals surface area contributed by atoms with Crippen LogP contribution >= 0.6 is 0 Å². The molecule has 2 fully saturated rings. The molecule has 0 aromatic heterocycles. The largest absolute Gasteiger partial charge is 0.306 e. The number of hydrogen-bond donors (Lipinski definition) is 0. The van der Waals surface area contributed by atoms with E-state index in [1.165, 1.54) is 38.8 Å². The van der Waals surface area contributed by atoms with Gasteiger partial charge in [0.15, 0.2) is 0 Å². The van der Waals surface area contributed by atoms with Crippen molar-refractivity contribution >= 4 is 0 Å². The molecular weight excluding hydrogens is 194 g/mol. The van der Waals surface area contributed by atoms with E-state index in [0.29, 0.717) is 5.41 Å². The van der Waals surface area contributed by atoms with Crippen LogP contribution < -0.4 is 0 Å². The van der Waals surface area contributed by atoms with Gasteiger partial charge in [0.2, 0.25) is 0 Å². The second-order valence-corrected chi connectivity index (χ2v) is 5.62. The van der Waals surface area contributed by atoms with Gasteiger partial charge in [0.1, 0.15) is 0 Å². The molecule has 1 nitrogen and oxygen atoms in total. The van der Waals surface area contributed by atoms with Gasteiger partial charge >= 0.3 is 0 Å². The Labute approximate surface area is 98.5 Å². The number of likely N-dealkylation sites (tertiary alicyclic amines) is 1. The Morgan fingerprint density at radius 3 is 2.81 bits per heavy atom. The quantitative estimate of drug-likeness (QED) is 0.696. The predicted octanol–water partition coefficient (Wildman–Crippen LogP) is 3.06. The standard InChI is InChI=1S/C15H21N/c1-16-11-10-15(9-5-8-14(15)12-16)13-6-3-2-4-7-13/h2-4,6-7,14H,5,8-12H2,1H3/t14-,15+/m1/s1. The Balaban J connectivity index is 1.96. The molecule has 0 amide bonds. The summed E-state index contributed by atoms with van der Waals surface area (Å²) in [6.45, 7) is 2.57. The number of piperidine rings is 1. The zero-order chi connectivity index (χ0) is 11.0. The Bertz CT molecular complexity index is 359. The van der Waals surface area contributed by atoms with E-state index < -0.39 is 0 Å².